The lowest BCUT2D eigenvalue weighted by atomic mass is 9.81. The molecule has 1 aromatic heterocycles. The van der Waals surface area contributed by atoms with Gasteiger partial charge in [0.25, 0.3) is 0 Å². The second-order valence-corrected chi connectivity index (χ2v) is 8.91. The van der Waals surface area contributed by atoms with Crippen molar-refractivity contribution < 1.29 is 28.3 Å². The molecule has 1 saturated heterocycles. The first-order chi connectivity index (χ1) is 15.2. The quantitative estimate of drug-likeness (QED) is 0.388. The SMILES string of the molecule is COCCOCc1nn(C)c(B2OC(C)(C)C(C)(C)O2)c1COCc1ccc(OC)cc1. The first-order valence-corrected chi connectivity index (χ1v) is 10.9. The number of ether oxygens (including phenoxy) is 4. The third kappa shape index (κ3) is 5.53. The Hall–Kier alpha value is -1.91. The van der Waals surface area contributed by atoms with E-state index in [9.17, 15) is 0 Å². The second kappa shape index (κ2) is 10.4. The van der Waals surface area contributed by atoms with Gasteiger partial charge < -0.3 is 28.3 Å². The van der Waals surface area contributed by atoms with Gasteiger partial charge in [-0.25, -0.2) is 0 Å². The average Bonchev–Trinajstić information content (AvgIpc) is 3.16. The van der Waals surface area contributed by atoms with E-state index in [2.05, 4.69) is 0 Å². The Kier molecular flexibility index (Phi) is 8.00. The summed E-state index contributed by atoms with van der Waals surface area (Å²) in [6.07, 6.45) is 0. The normalized spacial score (nSPS) is 17.2. The summed E-state index contributed by atoms with van der Waals surface area (Å²) in [5.74, 6) is 0.819. The second-order valence-electron chi connectivity index (χ2n) is 8.91. The van der Waals surface area contributed by atoms with Gasteiger partial charge in [-0.1, -0.05) is 12.1 Å². The average molecular weight is 446 g/mol. The molecule has 1 aliphatic heterocycles. The molecular weight excluding hydrogens is 411 g/mol. The van der Waals surface area contributed by atoms with Gasteiger partial charge in [-0.3, -0.25) is 4.68 Å². The zero-order valence-electron chi connectivity index (χ0n) is 20.3. The Labute approximate surface area is 191 Å². The smallest absolute Gasteiger partial charge is 0.497 e. The van der Waals surface area contributed by atoms with Crippen LogP contribution in [0.3, 0.4) is 0 Å². The molecular formula is C23H35BN2O6. The highest BCUT2D eigenvalue weighted by Gasteiger charge is 2.53. The minimum Gasteiger partial charge on any atom is -0.497 e. The lowest BCUT2D eigenvalue weighted by Crippen LogP contribution is -2.41. The third-order valence-electron chi connectivity index (χ3n) is 6.10. The Bertz CT molecular complexity index is 865. The zero-order valence-corrected chi connectivity index (χ0v) is 20.3. The third-order valence-corrected chi connectivity index (χ3v) is 6.10. The standard InChI is InChI=1S/C23H35BN2O6/c1-22(2)23(3,4)32-24(31-22)21-19(20(25-26(21)5)16-29-13-12-27-6)15-30-14-17-8-10-18(28-7)11-9-17/h8-11H,12-16H2,1-7H3. The first kappa shape index (κ1) is 24.7. The number of aromatic nitrogens is 2. The van der Waals surface area contributed by atoms with E-state index in [-0.39, 0.29) is 0 Å². The molecule has 176 valence electrons. The van der Waals surface area contributed by atoms with Crippen LogP contribution in [0, 0.1) is 0 Å². The molecule has 0 saturated carbocycles. The van der Waals surface area contributed by atoms with Crippen molar-refractivity contribution in [3.8, 4) is 5.75 Å². The van der Waals surface area contributed by atoms with Crippen LogP contribution in [-0.2, 0) is 50.4 Å². The maximum atomic E-state index is 6.30. The molecule has 1 fully saturated rings. The largest absolute Gasteiger partial charge is 0.514 e. The molecule has 0 atom stereocenters. The summed E-state index contributed by atoms with van der Waals surface area (Å²) in [6.45, 7) is 10.4. The van der Waals surface area contributed by atoms with Gasteiger partial charge in [0, 0.05) is 19.7 Å². The lowest BCUT2D eigenvalue weighted by Gasteiger charge is -2.32. The first-order valence-electron chi connectivity index (χ1n) is 10.9. The molecule has 2 aromatic rings. The Morgan fingerprint density at radius 1 is 0.906 bits per heavy atom. The summed E-state index contributed by atoms with van der Waals surface area (Å²) >= 11 is 0. The van der Waals surface area contributed by atoms with Crippen LogP contribution in [0.2, 0.25) is 0 Å². The summed E-state index contributed by atoms with van der Waals surface area (Å²) < 4.78 is 36.5. The van der Waals surface area contributed by atoms with Crippen molar-refractivity contribution in [2.24, 2.45) is 7.05 Å². The molecule has 8 nitrogen and oxygen atoms in total. The van der Waals surface area contributed by atoms with Crippen molar-refractivity contribution in [2.45, 2.75) is 58.7 Å². The van der Waals surface area contributed by atoms with Crippen LogP contribution in [0.5, 0.6) is 5.75 Å². The molecule has 1 aromatic carbocycles. The van der Waals surface area contributed by atoms with Crippen LogP contribution in [0.15, 0.2) is 24.3 Å². The van der Waals surface area contributed by atoms with Gasteiger partial charge in [0.2, 0.25) is 0 Å². The van der Waals surface area contributed by atoms with Crippen LogP contribution in [0.4, 0.5) is 0 Å². The zero-order chi connectivity index (χ0) is 23.4. The topological polar surface area (TPSA) is 73.2 Å². The van der Waals surface area contributed by atoms with Crippen molar-refractivity contribution >= 4 is 12.7 Å². The monoisotopic (exact) mass is 446 g/mol. The number of hydrogen-bond acceptors (Lipinski definition) is 7. The van der Waals surface area contributed by atoms with Crippen molar-refractivity contribution in [1.29, 1.82) is 0 Å². The number of nitrogens with zero attached hydrogens (tertiary/aromatic N) is 2. The predicted octanol–water partition coefficient (Wildman–Crippen LogP) is 2.61. The fourth-order valence-electron chi connectivity index (χ4n) is 3.46. The fraction of sp³-hybridized carbons (Fsp3) is 0.609. The van der Waals surface area contributed by atoms with Crippen molar-refractivity contribution in [1.82, 2.24) is 9.78 Å². The Morgan fingerprint density at radius 3 is 2.16 bits per heavy atom. The maximum Gasteiger partial charge on any atom is 0.514 e. The molecule has 32 heavy (non-hydrogen) atoms. The molecule has 0 unspecified atom stereocenters. The molecule has 3 rings (SSSR count). The highest BCUT2D eigenvalue weighted by atomic mass is 16.7. The minimum absolute atomic E-state index is 0.359. The van der Waals surface area contributed by atoms with Gasteiger partial charge in [-0.2, -0.15) is 5.10 Å². The Morgan fingerprint density at radius 2 is 1.56 bits per heavy atom. The molecule has 0 N–H and O–H groups in total. The van der Waals surface area contributed by atoms with Gasteiger partial charge in [0.05, 0.1) is 62.6 Å². The molecule has 9 heteroatoms. The molecule has 0 spiro atoms. The number of methoxy groups -OCH3 is 2. The van der Waals surface area contributed by atoms with Crippen LogP contribution in [-0.4, -0.2) is 55.5 Å². The Balaban J connectivity index is 1.78. The summed E-state index contributed by atoms with van der Waals surface area (Å²) in [7, 11) is 4.66. The van der Waals surface area contributed by atoms with E-state index in [1.54, 1.807) is 14.2 Å². The molecule has 0 bridgehead atoms. The fourth-order valence-corrected chi connectivity index (χ4v) is 3.46. The lowest BCUT2D eigenvalue weighted by molar-refractivity contribution is 0.00578. The highest BCUT2D eigenvalue weighted by Crippen LogP contribution is 2.37. The molecule has 1 aliphatic rings. The summed E-state index contributed by atoms with van der Waals surface area (Å²) in [6, 6.07) is 7.83. The van der Waals surface area contributed by atoms with Crippen LogP contribution >= 0.6 is 0 Å². The summed E-state index contributed by atoms with van der Waals surface area (Å²) in [5.41, 5.74) is 2.75. The number of hydrogen-bond donors (Lipinski definition) is 0. The van der Waals surface area contributed by atoms with Gasteiger partial charge in [-0.05, 0) is 45.4 Å². The van der Waals surface area contributed by atoms with Crippen LogP contribution in [0.1, 0.15) is 44.5 Å². The van der Waals surface area contributed by atoms with Gasteiger partial charge >= 0.3 is 7.12 Å². The maximum absolute atomic E-state index is 6.30. The van der Waals surface area contributed by atoms with Crippen LogP contribution < -0.4 is 10.3 Å². The number of benzene rings is 1. The van der Waals surface area contributed by atoms with E-state index in [0.29, 0.717) is 33.0 Å². The molecule has 0 amide bonds. The van der Waals surface area contributed by atoms with E-state index in [4.69, 9.17) is 33.4 Å². The van der Waals surface area contributed by atoms with E-state index in [1.165, 1.54) is 0 Å². The highest BCUT2D eigenvalue weighted by molar-refractivity contribution is 6.61. The van der Waals surface area contributed by atoms with Gasteiger partial charge in [-0.15, -0.1) is 0 Å². The minimum atomic E-state index is -0.537. The van der Waals surface area contributed by atoms with E-state index < -0.39 is 18.3 Å². The number of aryl methyl sites for hydroxylation is 1. The van der Waals surface area contributed by atoms with E-state index in [0.717, 1.165) is 28.2 Å². The summed E-state index contributed by atoms with van der Waals surface area (Å²) in [5, 5.41) is 4.69. The number of rotatable bonds is 11. The summed E-state index contributed by atoms with van der Waals surface area (Å²) in [4.78, 5) is 0. The predicted molar refractivity (Wildman–Crippen MR) is 122 cm³/mol. The van der Waals surface area contributed by atoms with Gasteiger partial charge in [0.1, 0.15) is 5.75 Å². The van der Waals surface area contributed by atoms with Crippen molar-refractivity contribution in [2.75, 3.05) is 27.4 Å². The van der Waals surface area contributed by atoms with Crippen LogP contribution in [0.25, 0.3) is 0 Å². The van der Waals surface area contributed by atoms with Gasteiger partial charge in [0.15, 0.2) is 0 Å². The molecule has 0 radical (unpaired) electrons. The molecule has 0 aliphatic carbocycles. The van der Waals surface area contributed by atoms with Crippen molar-refractivity contribution in [3.63, 3.8) is 0 Å². The van der Waals surface area contributed by atoms with E-state index in [1.807, 2.05) is 63.7 Å². The molecule has 2 heterocycles. The van der Waals surface area contributed by atoms with E-state index >= 15 is 0 Å². The van der Waals surface area contributed by atoms with Crippen molar-refractivity contribution in [3.05, 3.63) is 41.1 Å².